The summed E-state index contributed by atoms with van der Waals surface area (Å²) in [5.41, 5.74) is 6.39. The quantitative estimate of drug-likeness (QED) is 0.836. The van der Waals surface area contributed by atoms with E-state index in [1.165, 1.54) is 0 Å². The third kappa shape index (κ3) is 5.45. The summed E-state index contributed by atoms with van der Waals surface area (Å²) >= 11 is 6.27. The molecule has 0 bridgehead atoms. The Morgan fingerprint density at radius 3 is 2.62 bits per heavy atom. The second kappa shape index (κ2) is 7.53. The molecule has 2 N–H and O–H groups in total. The molecule has 0 aliphatic rings. The van der Waals surface area contributed by atoms with E-state index < -0.39 is 5.41 Å². The van der Waals surface area contributed by atoms with Crippen molar-refractivity contribution in [2.75, 3.05) is 13.7 Å². The van der Waals surface area contributed by atoms with Crippen LogP contribution in [0.1, 0.15) is 32.8 Å². The van der Waals surface area contributed by atoms with Crippen LogP contribution >= 0.6 is 11.6 Å². The Morgan fingerprint density at radius 1 is 1.43 bits per heavy atom. The Labute approximate surface area is 131 Å². The lowest BCUT2D eigenvalue weighted by Gasteiger charge is -2.18. The van der Waals surface area contributed by atoms with E-state index in [1.807, 2.05) is 32.9 Å². The van der Waals surface area contributed by atoms with Gasteiger partial charge in [0.2, 0.25) is 0 Å². The van der Waals surface area contributed by atoms with Gasteiger partial charge in [-0.3, -0.25) is 0 Å². The monoisotopic (exact) mass is 310 g/mol. The Bertz CT molecular complexity index is 522. The molecule has 0 fully saturated rings. The number of halogens is 1. The van der Waals surface area contributed by atoms with Crippen molar-refractivity contribution in [1.82, 2.24) is 0 Å². The smallest absolute Gasteiger partial charge is 0.179 e. The zero-order valence-corrected chi connectivity index (χ0v) is 13.8. The minimum Gasteiger partial charge on any atom is -0.493 e. The lowest BCUT2D eigenvalue weighted by Crippen LogP contribution is -2.18. The average Bonchev–Trinajstić information content (AvgIpc) is 2.40. The van der Waals surface area contributed by atoms with Crippen LogP contribution in [0.15, 0.2) is 12.1 Å². The number of nitrogens with two attached hydrogens (primary N) is 1. The largest absolute Gasteiger partial charge is 0.493 e. The molecule has 0 aliphatic heterocycles. The average molecular weight is 311 g/mol. The van der Waals surface area contributed by atoms with E-state index in [9.17, 15) is 0 Å². The standard InChI is InChI=1S/C16H23ClN2O2/c1-11(19)7-12-8-13(17)15(14(9-12)20-4)21-6-5-16(2,3)10-18/h8-9,11H,5-7,19H2,1-4H3. The van der Waals surface area contributed by atoms with Crippen LogP contribution < -0.4 is 15.2 Å². The molecule has 0 heterocycles. The van der Waals surface area contributed by atoms with Crippen molar-refractivity contribution in [1.29, 1.82) is 5.26 Å². The third-order valence-electron chi connectivity index (χ3n) is 3.12. The molecular formula is C16H23ClN2O2. The number of nitrogens with zero attached hydrogens (tertiary/aromatic N) is 1. The molecule has 1 aromatic rings. The topological polar surface area (TPSA) is 68.3 Å². The minimum absolute atomic E-state index is 0.0500. The highest BCUT2D eigenvalue weighted by atomic mass is 35.5. The summed E-state index contributed by atoms with van der Waals surface area (Å²) < 4.78 is 11.1. The fourth-order valence-corrected chi connectivity index (χ4v) is 2.15. The highest BCUT2D eigenvalue weighted by molar-refractivity contribution is 6.32. The van der Waals surface area contributed by atoms with Gasteiger partial charge in [-0.1, -0.05) is 11.6 Å². The molecule has 0 aliphatic carbocycles. The van der Waals surface area contributed by atoms with Crippen LogP contribution in [0.3, 0.4) is 0 Å². The first-order valence-corrected chi connectivity index (χ1v) is 7.33. The second-order valence-corrected chi connectivity index (χ2v) is 6.29. The highest BCUT2D eigenvalue weighted by Gasteiger charge is 2.18. The van der Waals surface area contributed by atoms with Crippen LogP contribution in [0.5, 0.6) is 11.5 Å². The summed E-state index contributed by atoms with van der Waals surface area (Å²) in [5.74, 6) is 1.11. The van der Waals surface area contributed by atoms with Gasteiger partial charge < -0.3 is 15.2 Å². The van der Waals surface area contributed by atoms with Crippen LogP contribution in [0.25, 0.3) is 0 Å². The zero-order chi connectivity index (χ0) is 16.0. The van der Waals surface area contributed by atoms with E-state index >= 15 is 0 Å². The summed E-state index contributed by atoms with van der Waals surface area (Å²) in [6.07, 6.45) is 1.34. The van der Waals surface area contributed by atoms with Crippen molar-refractivity contribution >= 4 is 11.6 Å². The van der Waals surface area contributed by atoms with Crippen molar-refractivity contribution in [2.24, 2.45) is 11.1 Å². The lowest BCUT2D eigenvalue weighted by molar-refractivity contribution is 0.252. The van der Waals surface area contributed by atoms with Crippen molar-refractivity contribution in [3.8, 4) is 17.6 Å². The zero-order valence-electron chi connectivity index (χ0n) is 13.1. The molecule has 1 aromatic carbocycles. The highest BCUT2D eigenvalue weighted by Crippen LogP contribution is 2.37. The molecule has 116 valence electrons. The van der Waals surface area contributed by atoms with Crippen LogP contribution in [0.4, 0.5) is 0 Å². The van der Waals surface area contributed by atoms with Crippen molar-refractivity contribution in [3.63, 3.8) is 0 Å². The number of rotatable bonds is 7. The maximum atomic E-state index is 9.00. The van der Waals surface area contributed by atoms with Gasteiger partial charge in [0.05, 0.1) is 30.2 Å². The molecule has 0 saturated heterocycles. The molecule has 1 atom stereocenters. The van der Waals surface area contributed by atoms with Gasteiger partial charge in [-0.25, -0.2) is 0 Å². The van der Waals surface area contributed by atoms with Crippen LogP contribution in [-0.4, -0.2) is 19.8 Å². The molecule has 0 amide bonds. The number of ether oxygens (including phenoxy) is 2. The van der Waals surface area contributed by atoms with E-state index in [0.29, 0.717) is 29.5 Å². The normalized spacial score (nSPS) is 12.6. The van der Waals surface area contributed by atoms with Gasteiger partial charge in [0.25, 0.3) is 0 Å². The maximum Gasteiger partial charge on any atom is 0.179 e. The number of benzene rings is 1. The molecule has 1 rings (SSSR count). The van der Waals surface area contributed by atoms with Gasteiger partial charge in [0, 0.05) is 6.04 Å². The summed E-state index contributed by atoms with van der Waals surface area (Å²) in [6, 6.07) is 6.03. The fourth-order valence-electron chi connectivity index (χ4n) is 1.87. The number of methoxy groups -OCH3 is 1. The van der Waals surface area contributed by atoms with Gasteiger partial charge in [0.15, 0.2) is 11.5 Å². The van der Waals surface area contributed by atoms with Gasteiger partial charge in [-0.15, -0.1) is 0 Å². The summed E-state index contributed by atoms with van der Waals surface area (Å²) in [5, 5.41) is 9.50. The third-order valence-corrected chi connectivity index (χ3v) is 3.40. The van der Waals surface area contributed by atoms with Gasteiger partial charge in [-0.2, -0.15) is 5.26 Å². The van der Waals surface area contributed by atoms with E-state index in [1.54, 1.807) is 7.11 Å². The summed E-state index contributed by atoms with van der Waals surface area (Å²) in [6.45, 7) is 6.10. The molecule has 0 saturated carbocycles. The Balaban J connectivity index is 2.85. The first-order chi connectivity index (χ1) is 9.79. The second-order valence-electron chi connectivity index (χ2n) is 5.88. The molecule has 0 radical (unpaired) electrons. The van der Waals surface area contributed by atoms with E-state index in [4.69, 9.17) is 32.1 Å². The molecule has 0 aromatic heterocycles. The molecule has 0 spiro atoms. The van der Waals surface area contributed by atoms with Crippen molar-refractivity contribution in [2.45, 2.75) is 39.7 Å². The predicted molar refractivity (Wildman–Crippen MR) is 84.9 cm³/mol. The predicted octanol–water partition coefficient (Wildman–Crippen LogP) is 3.56. The van der Waals surface area contributed by atoms with E-state index in [-0.39, 0.29) is 6.04 Å². The number of hydrogen-bond donors (Lipinski definition) is 1. The summed E-state index contributed by atoms with van der Waals surface area (Å²) in [7, 11) is 1.58. The summed E-state index contributed by atoms with van der Waals surface area (Å²) in [4.78, 5) is 0. The lowest BCUT2D eigenvalue weighted by atomic mass is 9.92. The Hall–Kier alpha value is -1.44. The number of nitriles is 1. The maximum absolute atomic E-state index is 9.00. The molecule has 1 unspecified atom stereocenters. The van der Waals surface area contributed by atoms with E-state index in [0.717, 1.165) is 12.0 Å². The Morgan fingerprint density at radius 2 is 2.10 bits per heavy atom. The first-order valence-electron chi connectivity index (χ1n) is 6.95. The van der Waals surface area contributed by atoms with Crippen molar-refractivity contribution < 1.29 is 9.47 Å². The van der Waals surface area contributed by atoms with Crippen molar-refractivity contribution in [3.05, 3.63) is 22.7 Å². The Kier molecular flexibility index (Phi) is 6.32. The van der Waals surface area contributed by atoms with E-state index in [2.05, 4.69) is 6.07 Å². The molecule has 21 heavy (non-hydrogen) atoms. The van der Waals surface area contributed by atoms with Gasteiger partial charge in [-0.05, 0) is 51.3 Å². The minimum atomic E-state index is -0.422. The van der Waals surface area contributed by atoms with Crippen LogP contribution in [0.2, 0.25) is 5.02 Å². The fraction of sp³-hybridized carbons (Fsp3) is 0.562. The van der Waals surface area contributed by atoms with Crippen LogP contribution in [-0.2, 0) is 6.42 Å². The van der Waals surface area contributed by atoms with Crippen LogP contribution in [0, 0.1) is 16.7 Å². The van der Waals surface area contributed by atoms with Gasteiger partial charge in [0.1, 0.15) is 0 Å². The first kappa shape index (κ1) is 17.6. The molecular weight excluding hydrogens is 288 g/mol. The van der Waals surface area contributed by atoms with Gasteiger partial charge >= 0.3 is 0 Å². The number of hydrogen-bond acceptors (Lipinski definition) is 4. The molecule has 5 heteroatoms. The molecule has 4 nitrogen and oxygen atoms in total. The SMILES string of the molecule is COc1cc(CC(C)N)cc(Cl)c1OCCC(C)(C)C#N.